The second kappa shape index (κ2) is 4.22. The maximum atomic E-state index is 2.50. The van der Waals surface area contributed by atoms with Crippen LogP contribution < -0.4 is 0 Å². The summed E-state index contributed by atoms with van der Waals surface area (Å²) >= 11 is 0. The van der Waals surface area contributed by atoms with Gasteiger partial charge in [0.2, 0.25) is 0 Å². The molecule has 0 aromatic heterocycles. The third-order valence-electron chi connectivity index (χ3n) is 5.67. The summed E-state index contributed by atoms with van der Waals surface area (Å²) in [6.07, 6.45) is 9.62. The average Bonchev–Trinajstić information content (AvgIpc) is 2.11. The van der Waals surface area contributed by atoms with E-state index in [4.69, 9.17) is 0 Å². The predicted molar refractivity (Wildman–Crippen MR) is 78.1 cm³/mol. The van der Waals surface area contributed by atoms with Crippen molar-refractivity contribution in [2.45, 2.75) is 82.7 Å². The number of hydrogen-bond acceptors (Lipinski definition) is 0. The van der Waals surface area contributed by atoms with Gasteiger partial charge in [0.05, 0.1) is 0 Å². The second-order valence-electron chi connectivity index (χ2n) is 7.74. The smallest absolute Gasteiger partial charge is 0.00819 e. The Balaban J connectivity index is 1.89. The van der Waals surface area contributed by atoms with Gasteiger partial charge < -0.3 is 0 Å². The Hall–Kier alpha value is 0.430. The minimum Gasteiger partial charge on any atom is -0.0950 e. The summed E-state index contributed by atoms with van der Waals surface area (Å²) in [6.45, 7) is 10.0. The molecule has 0 amide bonds. The van der Waals surface area contributed by atoms with E-state index in [0.717, 1.165) is 34.2 Å². The zero-order chi connectivity index (χ0) is 12.2. The molecule has 4 aliphatic carbocycles. The predicted octanol–water partition coefficient (Wildman–Crippen LogP) is 5.25. The minimum atomic E-state index is 0.247. The SMILES string of the molecule is CC(C)P(C(C)C)C12CC3CC(CC(C3)C1)C2. The molecule has 0 heterocycles. The fourth-order valence-electron chi connectivity index (χ4n) is 6.07. The zero-order valence-electron chi connectivity index (χ0n) is 12.1. The molecule has 4 saturated carbocycles. The molecule has 0 aliphatic heterocycles. The molecular formula is C16H29P. The van der Waals surface area contributed by atoms with Crippen LogP contribution in [-0.4, -0.2) is 16.5 Å². The van der Waals surface area contributed by atoms with Gasteiger partial charge in [-0.15, -0.1) is 0 Å². The molecule has 0 nitrogen and oxygen atoms in total. The standard InChI is InChI=1S/C16H29P/c1-11(2)17(12(3)4)16-8-13-5-14(9-16)7-15(6-13)10-16/h11-15H,5-10H2,1-4H3. The number of hydrogen-bond donors (Lipinski definition) is 0. The van der Waals surface area contributed by atoms with Crippen molar-refractivity contribution < 1.29 is 0 Å². The van der Waals surface area contributed by atoms with E-state index in [2.05, 4.69) is 27.7 Å². The van der Waals surface area contributed by atoms with E-state index < -0.39 is 0 Å². The maximum absolute atomic E-state index is 2.50. The van der Waals surface area contributed by atoms with Crippen LogP contribution in [0.5, 0.6) is 0 Å². The Labute approximate surface area is 109 Å². The van der Waals surface area contributed by atoms with Crippen molar-refractivity contribution in [1.82, 2.24) is 0 Å². The first-order valence-corrected chi connectivity index (χ1v) is 9.26. The van der Waals surface area contributed by atoms with Gasteiger partial charge in [0.25, 0.3) is 0 Å². The third-order valence-corrected chi connectivity index (χ3v) is 9.53. The molecule has 4 bridgehead atoms. The van der Waals surface area contributed by atoms with Crippen molar-refractivity contribution in [2.75, 3.05) is 0 Å². The largest absolute Gasteiger partial charge is 0.0950 e. The van der Waals surface area contributed by atoms with E-state index >= 15 is 0 Å². The van der Waals surface area contributed by atoms with Crippen molar-refractivity contribution in [2.24, 2.45) is 17.8 Å². The van der Waals surface area contributed by atoms with Crippen LogP contribution in [-0.2, 0) is 0 Å². The van der Waals surface area contributed by atoms with Crippen LogP contribution in [0.3, 0.4) is 0 Å². The van der Waals surface area contributed by atoms with Crippen molar-refractivity contribution in [1.29, 1.82) is 0 Å². The van der Waals surface area contributed by atoms with Gasteiger partial charge in [0.15, 0.2) is 0 Å². The van der Waals surface area contributed by atoms with Crippen LogP contribution in [0.15, 0.2) is 0 Å². The van der Waals surface area contributed by atoms with Crippen molar-refractivity contribution in [3.05, 3.63) is 0 Å². The van der Waals surface area contributed by atoms with E-state index in [1.807, 2.05) is 0 Å². The van der Waals surface area contributed by atoms with E-state index in [-0.39, 0.29) is 7.92 Å². The monoisotopic (exact) mass is 252 g/mol. The summed E-state index contributed by atoms with van der Waals surface area (Å²) in [6, 6.07) is 0. The molecule has 0 atom stereocenters. The van der Waals surface area contributed by atoms with Gasteiger partial charge in [0, 0.05) is 0 Å². The van der Waals surface area contributed by atoms with Crippen molar-refractivity contribution >= 4 is 7.92 Å². The molecule has 0 unspecified atom stereocenters. The molecule has 17 heavy (non-hydrogen) atoms. The van der Waals surface area contributed by atoms with Gasteiger partial charge in [-0.2, -0.15) is 0 Å². The lowest BCUT2D eigenvalue weighted by Gasteiger charge is -2.61. The zero-order valence-corrected chi connectivity index (χ0v) is 13.0. The van der Waals surface area contributed by atoms with Crippen LogP contribution in [0, 0.1) is 17.8 Å². The molecule has 4 aliphatic rings. The Morgan fingerprint density at radius 1 is 0.765 bits per heavy atom. The van der Waals surface area contributed by atoms with E-state index in [0.29, 0.717) is 0 Å². The molecule has 0 saturated heterocycles. The Kier molecular flexibility index (Phi) is 3.10. The van der Waals surface area contributed by atoms with Gasteiger partial charge >= 0.3 is 0 Å². The van der Waals surface area contributed by atoms with Crippen LogP contribution in [0.25, 0.3) is 0 Å². The van der Waals surface area contributed by atoms with E-state index in [1.54, 1.807) is 38.5 Å². The first kappa shape index (κ1) is 12.5. The maximum Gasteiger partial charge on any atom is -0.00819 e. The molecular weight excluding hydrogens is 223 g/mol. The van der Waals surface area contributed by atoms with Gasteiger partial charge in [-0.25, -0.2) is 0 Å². The average molecular weight is 252 g/mol. The summed E-state index contributed by atoms with van der Waals surface area (Å²) in [5.74, 6) is 3.39. The molecule has 4 fully saturated rings. The highest BCUT2D eigenvalue weighted by Gasteiger charge is 2.54. The highest BCUT2D eigenvalue weighted by atomic mass is 31.1. The van der Waals surface area contributed by atoms with Gasteiger partial charge in [-0.1, -0.05) is 35.6 Å². The molecule has 1 heteroatoms. The molecule has 0 N–H and O–H groups in total. The molecule has 0 aromatic carbocycles. The van der Waals surface area contributed by atoms with Crippen LogP contribution >= 0.6 is 7.92 Å². The summed E-state index contributed by atoms with van der Waals surface area (Å²) in [4.78, 5) is 0. The summed E-state index contributed by atoms with van der Waals surface area (Å²) in [7, 11) is 0.247. The van der Waals surface area contributed by atoms with Gasteiger partial charge in [-0.3, -0.25) is 0 Å². The minimum absolute atomic E-state index is 0.247. The Morgan fingerprint density at radius 3 is 1.41 bits per heavy atom. The fourth-order valence-corrected chi connectivity index (χ4v) is 10.9. The second-order valence-corrected chi connectivity index (χ2v) is 11.6. The van der Waals surface area contributed by atoms with E-state index in [1.165, 1.54) is 0 Å². The lowest BCUT2D eigenvalue weighted by atomic mass is 9.56. The fraction of sp³-hybridized carbons (Fsp3) is 1.00. The van der Waals surface area contributed by atoms with Crippen LogP contribution in [0.1, 0.15) is 66.2 Å². The van der Waals surface area contributed by atoms with Crippen LogP contribution in [0.4, 0.5) is 0 Å². The lowest BCUT2D eigenvalue weighted by molar-refractivity contribution is 0.0349. The molecule has 0 radical (unpaired) electrons. The summed E-state index contributed by atoms with van der Waals surface area (Å²) < 4.78 is 0. The molecule has 0 aromatic rings. The topological polar surface area (TPSA) is 0 Å². The van der Waals surface area contributed by atoms with Crippen molar-refractivity contribution in [3.63, 3.8) is 0 Å². The number of rotatable bonds is 3. The van der Waals surface area contributed by atoms with Gasteiger partial charge in [0.1, 0.15) is 0 Å². The first-order chi connectivity index (χ1) is 8.00. The third kappa shape index (κ3) is 1.99. The molecule has 98 valence electrons. The van der Waals surface area contributed by atoms with Gasteiger partial charge in [-0.05, 0) is 72.8 Å². The van der Waals surface area contributed by atoms with Crippen molar-refractivity contribution in [3.8, 4) is 0 Å². The highest BCUT2D eigenvalue weighted by Crippen LogP contribution is 2.71. The van der Waals surface area contributed by atoms with Crippen LogP contribution in [0.2, 0.25) is 0 Å². The Morgan fingerprint density at radius 2 is 1.12 bits per heavy atom. The normalized spacial score (nSPS) is 44.3. The quantitative estimate of drug-likeness (QED) is 0.601. The summed E-state index contributed by atoms with van der Waals surface area (Å²) in [5.41, 5.74) is 1.89. The Bertz CT molecular complexity index is 249. The highest BCUT2D eigenvalue weighted by molar-refractivity contribution is 7.60. The summed E-state index contributed by atoms with van der Waals surface area (Å²) in [5, 5.41) is 0.826. The molecule has 4 rings (SSSR count). The van der Waals surface area contributed by atoms with E-state index in [9.17, 15) is 0 Å². The first-order valence-electron chi connectivity index (χ1n) is 7.78. The molecule has 0 spiro atoms. The lowest BCUT2D eigenvalue weighted by Crippen LogP contribution is -2.51.